The summed E-state index contributed by atoms with van der Waals surface area (Å²) in [7, 11) is -1.63. The summed E-state index contributed by atoms with van der Waals surface area (Å²) < 4.78 is 37.2. The number of likely N-dealkylation sites (tertiary alicyclic amines) is 1. The average Bonchev–Trinajstić information content (AvgIpc) is 2.45. The van der Waals surface area contributed by atoms with Gasteiger partial charge in [0.25, 0.3) is 0 Å². The van der Waals surface area contributed by atoms with E-state index in [1.807, 2.05) is 18.7 Å². The van der Waals surface area contributed by atoms with Crippen molar-refractivity contribution in [3.63, 3.8) is 0 Å². The molecule has 0 radical (unpaired) electrons. The molecule has 1 fully saturated rings. The van der Waals surface area contributed by atoms with Gasteiger partial charge in [0.2, 0.25) is 10.0 Å². The van der Waals surface area contributed by atoms with Crippen LogP contribution in [0, 0.1) is 0 Å². The van der Waals surface area contributed by atoms with Crippen LogP contribution in [0.15, 0.2) is 0 Å². The van der Waals surface area contributed by atoms with Crippen LogP contribution in [0.1, 0.15) is 20.3 Å². The normalized spacial score (nSPS) is 28.2. The summed E-state index contributed by atoms with van der Waals surface area (Å²) in [6.45, 7) is 4.80. The van der Waals surface area contributed by atoms with E-state index in [0.717, 1.165) is 0 Å². The second kappa shape index (κ2) is 4.98. The minimum atomic E-state index is -3.17. The lowest BCUT2D eigenvalue weighted by Gasteiger charge is -2.30. The van der Waals surface area contributed by atoms with E-state index in [9.17, 15) is 12.8 Å². The van der Waals surface area contributed by atoms with Crippen LogP contribution in [-0.2, 0) is 10.0 Å². The summed E-state index contributed by atoms with van der Waals surface area (Å²) in [5.41, 5.74) is 0. The lowest BCUT2D eigenvalue weighted by atomic mass is 10.2. The third kappa shape index (κ3) is 3.40. The molecule has 0 aliphatic carbocycles. The molecule has 2 atom stereocenters. The number of hydrogen-bond acceptors (Lipinski definition) is 3. The van der Waals surface area contributed by atoms with Gasteiger partial charge in [0.05, 0.1) is 6.26 Å². The number of halogens is 1. The topological polar surface area (TPSA) is 40.6 Å². The van der Waals surface area contributed by atoms with Gasteiger partial charge in [-0.05, 0) is 20.3 Å². The van der Waals surface area contributed by atoms with Gasteiger partial charge in [0.15, 0.2) is 0 Å². The summed E-state index contributed by atoms with van der Waals surface area (Å²) in [6.07, 6.45) is 0.771. The van der Waals surface area contributed by atoms with Crippen molar-refractivity contribution in [2.75, 3.05) is 26.4 Å². The smallest absolute Gasteiger partial charge is 0.211 e. The Hall–Kier alpha value is -0.200. The molecule has 0 bridgehead atoms. The fourth-order valence-corrected chi connectivity index (χ4v) is 2.57. The highest BCUT2D eigenvalue weighted by molar-refractivity contribution is 7.88. The van der Waals surface area contributed by atoms with Crippen molar-refractivity contribution in [1.29, 1.82) is 0 Å². The highest BCUT2D eigenvalue weighted by Gasteiger charge is 2.35. The van der Waals surface area contributed by atoms with E-state index in [1.54, 1.807) is 7.05 Å². The van der Waals surface area contributed by atoms with E-state index in [4.69, 9.17) is 0 Å². The second-order valence-electron chi connectivity index (χ2n) is 4.82. The highest BCUT2D eigenvalue weighted by Crippen LogP contribution is 2.23. The first kappa shape index (κ1) is 13.9. The summed E-state index contributed by atoms with van der Waals surface area (Å²) in [5.74, 6) is 0. The van der Waals surface area contributed by atoms with Crippen LogP contribution in [0.3, 0.4) is 0 Å². The Morgan fingerprint density at radius 2 is 2.06 bits per heavy atom. The van der Waals surface area contributed by atoms with E-state index in [-0.39, 0.29) is 12.1 Å². The molecule has 2 unspecified atom stereocenters. The van der Waals surface area contributed by atoms with Crippen molar-refractivity contribution in [3.05, 3.63) is 0 Å². The molecule has 0 aromatic carbocycles. The first-order valence-electron chi connectivity index (χ1n) is 5.53. The van der Waals surface area contributed by atoms with Crippen LogP contribution < -0.4 is 0 Å². The number of nitrogens with zero attached hydrogens (tertiary/aromatic N) is 2. The Labute approximate surface area is 97.5 Å². The van der Waals surface area contributed by atoms with Gasteiger partial charge in [-0.25, -0.2) is 17.1 Å². The van der Waals surface area contributed by atoms with E-state index in [1.165, 1.54) is 10.6 Å². The van der Waals surface area contributed by atoms with Gasteiger partial charge in [-0.3, -0.25) is 4.90 Å². The highest BCUT2D eigenvalue weighted by atomic mass is 32.2. The molecule has 0 aromatic heterocycles. The maximum Gasteiger partial charge on any atom is 0.211 e. The van der Waals surface area contributed by atoms with Crippen LogP contribution in [0.25, 0.3) is 0 Å². The number of likely N-dealkylation sites (N-methyl/N-ethyl adjacent to an activating group) is 1. The third-order valence-electron chi connectivity index (χ3n) is 3.10. The Balaban J connectivity index is 2.66. The molecule has 1 aliphatic heterocycles. The van der Waals surface area contributed by atoms with Crippen molar-refractivity contribution in [2.24, 2.45) is 0 Å². The molecule has 0 amide bonds. The zero-order valence-corrected chi connectivity index (χ0v) is 11.2. The number of rotatable bonds is 4. The van der Waals surface area contributed by atoms with Gasteiger partial charge in [0, 0.05) is 32.2 Å². The summed E-state index contributed by atoms with van der Waals surface area (Å²) >= 11 is 0. The van der Waals surface area contributed by atoms with Crippen LogP contribution >= 0.6 is 0 Å². The molecule has 1 saturated heterocycles. The van der Waals surface area contributed by atoms with E-state index in [0.29, 0.717) is 19.5 Å². The largest absolute Gasteiger partial charge is 0.294 e. The molecular weight excluding hydrogens is 231 g/mol. The SMILES string of the molecule is CC(C)N1CC(F)CC1CN(C)S(C)(=O)=O. The number of sulfonamides is 1. The maximum absolute atomic E-state index is 13.3. The Morgan fingerprint density at radius 3 is 2.50 bits per heavy atom. The molecule has 96 valence electrons. The molecular formula is C10H21FN2O2S. The fourth-order valence-electron chi connectivity index (χ4n) is 2.13. The predicted molar refractivity (Wildman–Crippen MR) is 62.6 cm³/mol. The quantitative estimate of drug-likeness (QED) is 0.739. The van der Waals surface area contributed by atoms with Crippen molar-refractivity contribution >= 4 is 10.0 Å². The molecule has 1 aliphatic rings. The molecule has 6 heteroatoms. The third-order valence-corrected chi connectivity index (χ3v) is 4.38. The molecule has 0 N–H and O–H groups in total. The Bertz CT molecular complexity index is 332. The van der Waals surface area contributed by atoms with Crippen LogP contribution in [0.5, 0.6) is 0 Å². The lowest BCUT2D eigenvalue weighted by molar-refractivity contribution is 0.180. The number of hydrogen-bond donors (Lipinski definition) is 0. The van der Waals surface area contributed by atoms with Crippen molar-refractivity contribution in [3.8, 4) is 0 Å². The van der Waals surface area contributed by atoms with Crippen LogP contribution in [0.2, 0.25) is 0 Å². The molecule has 1 heterocycles. The van der Waals surface area contributed by atoms with Crippen molar-refractivity contribution in [2.45, 2.75) is 38.5 Å². The summed E-state index contributed by atoms with van der Waals surface area (Å²) in [4.78, 5) is 2.03. The standard InChI is InChI=1S/C10H21FN2O2S/c1-8(2)13-6-9(11)5-10(13)7-12(3)16(4,14)15/h8-10H,5-7H2,1-4H3. The first-order valence-corrected chi connectivity index (χ1v) is 7.37. The van der Waals surface area contributed by atoms with Gasteiger partial charge in [-0.1, -0.05) is 0 Å². The monoisotopic (exact) mass is 252 g/mol. The van der Waals surface area contributed by atoms with E-state index in [2.05, 4.69) is 0 Å². The van der Waals surface area contributed by atoms with Crippen LogP contribution in [-0.4, -0.2) is 62.3 Å². The van der Waals surface area contributed by atoms with E-state index < -0.39 is 16.2 Å². The molecule has 1 rings (SSSR count). The Kier molecular flexibility index (Phi) is 4.31. The Morgan fingerprint density at radius 1 is 1.50 bits per heavy atom. The zero-order chi connectivity index (χ0) is 12.5. The van der Waals surface area contributed by atoms with Gasteiger partial charge in [-0.15, -0.1) is 0 Å². The first-order chi connectivity index (χ1) is 7.21. The molecule has 16 heavy (non-hydrogen) atoms. The molecule has 4 nitrogen and oxygen atoms in total. The molecule has 0 saturated carbocycles. The van der Waals surface area contributed by atoms with Gasteiger partial charge < -0.3 is 0 Å². The summed E-state index contributed by atoms with van der Waals surface area (Å²) in [5, 5.41) is 0. The minimum absolute atomic E-state index is 0.00488. The van der Waals surface area contributed by atoms with Gasteiger partial charge >= 0.3 is 0 Å². The summed E-state index contributed by atoms with van der Waals surface area (Å²) in [6, 6.07) is 0.244. The van der Waals surface area contributed by atoms with Gasteiger partial charge in [0.1, 0.15) is 6.17 Å². The van der Waals surface area contributed by atoms with Crippen molar-refractivity contribution < 1.29 is 12.8 Å². The fraction of sp³-hybridized carbons (Fsp3) is 1.00. The van der Waals surface area contributed by atoms with Crippen LogP contribution in [0.4, 0.5) is 4.39 Å². The molecule has 0 spiro atoms. The lowest BCUT2D eigenvalue weighted by Crippen LogP contribution is -2.43. The van der Waals surface area contributed by atoms with E-state index >= 15 is 0 Å². The second-order valence-corrected chi connectivity index (χ2v) is 6.91. The average molecular weight is 252 g/mol. The van der Waals surface area contributed by atoms with Crippen molar-refractivity contribution in [1.82, 2.24) is 9.21 Å². The van der Waals surface area contributed by atoms with Gasteiger partial charge in [-0.2, -0.15) is 0 Å². The zero-order valence-electron chi connectivity index (χ0n) is 10.4. The predicted octanol–water partition coefficient (Wildman–Crippen LogP) is 0.699. The maximum atomic E-state index is 13.3. The number of alkyl halides is 1. The molecule has 0 aromatic rings. The minimum Gasteiger partial charge on any atom is -0.294 e.